The summed E-state index contributed by atoms with van der Waals surface area (Å²) in [6, 6.07) is 79.4. The van der Waals surface area contributed by atoms with Crippen LogP contribution in [-0.2, 0) is 0 Å². The smallest absolute Gasteiger partial charge is 0.164 e. The molecule has 0 aliphatic rings. The summed E-state index contributed by atoms with van der Waals surface area (Å²) in [6.45, 7) is 0. The molecule has 62 heavy (non-hydrogen) atoms. The van der Waals surface area contributed by atoms with Gasteiger partial charge in [-0.15, -0.1) is 0 Å². The predicted octanol–water partition coefficient (Wildman–Crippen LogP) is 14.4. The number of hydrogen-bond donors (Lipinski definition) is 0. The Hall–Kier alpha value is -8.41. The Morgan fingerprint density at radius 2 is 0.613 bits per heavy atom. The zero-order valence-electron chi connectivity index (χ0n) is 33.6. The minimum atomic E-state index is 0.615. The van der Waals surface area contributed by atoms with E-state index in [0.717, 1.165) is 61.4 Å². The SMILES string of the molecule is c1ccc(-c2nc(-c3ccccc3)nc(-c3ccc(-c4ccc5c6ccccc6n(-c6ccccc6)c5c4)c(-c4ccc5c6ccccc6n(-c6ccccc6)c5c4)c3)n2)cc1. The van der Waals surface area contributed by atoms with Crippen molar-refractivity contribution in [1.29, 1.82) is 0 Å². The first kappa shape index (κ1) is 35.5. The molecular weight excluding hydrogens is 755 g/mol. The Morgan fingerprint density at radius 3 is 1.10 bits per heavy atom. The molecule has 12 rings (SSSR count). The number of benzene rings is 9. The van der Waals surface area contributed by atoms with Gasteiger partial charge in [-0.1, -0.05) is 170 Å². The molecule has 5 nitrogen and oxygen atoms in total. The van der Waals surface area contributed by atoms with Crippen LogP contribution in [-0.4, -0.2) is 24.1 Å². The molecule has 0 atom stereocenters. The van der Waals surface area contributed by atoms with Gasteiger partial charge in [0, 0.05) is 49.6 Å². The maximum atomic E-state index is 5.15. The number of rotatable bonds is 7. The summed E-state index contributed by atoms with van der Waals surface area (Å²) in [5.74, 6) is 1.88. The quantitative estimate of drug-likeness (QED) is 0.162. The first-order valence-corrected chi connectivity index (χ1v) is 20.9. The molecule has 0 spiro atoms. The van der Waals surface area contributed by atoms with Crippen LogP contribution in [0.1, 0.15) is 0 Å². The third-order valence-corrected chi connectivity index (χ3v) is 12.0. The van der Waals surface area contributed by atoms with E-state index in [4.69, 9.17) is 15.0 Å². The predicted molar refractivity (Wildman–Crippen MR) is 256 cm³/mol. The van der Waals surface area contributed by atoms with Gasteiger partial charge in [-0.25, -0.2) is 15.0 Å². The third kappa shape index (κ3) is 5.98. The Bertz CT molecular complexity index is 3550. The number of hydrogen-bond acceptors (Lipinski definition) is 3. The Kier molecular flexibility index (Phi) is 8.42. The molecule has 0 fully saturated rings. The molecule has 3 heterocycles. The molecule has 290 valence electrons. The lowest BCUT2D eigenvalue weighted by molar-refractivity contribution is 1.07. The van der Waals surface area contributed by atoms with Crippen molar-refractivity contribution in [2.45, 2.75) is 0 Å². The van der Waals surface area contributed by atoms with Gasteiger partial charge in [0.15, 0.2) is 17.5 Å². The van der Waals surface area contributed by atoms with Gasteiger partial charge in [0.25, 0.3) is 0 Å². The van der Waals surface area contributed by atoms with E-state index in [0.29, 0.717) is 17.5 Å². The molecule has 0 bridgehead atoms. The summed E-state index contributed by atoms with van der Waals surface area (Å²) >= 11 is 0. The minimum Gasteiger partial charge on any atom is -0.309 e. The van der Waals surface area contributed by atoms with Crippen molar-refractivity contribution in [3.05, 3.63) is 224 Å². The molecule has 0 radical (unpaired) electrons. The van der Waals surface area contributed by atoms with E-state index in [-0.39, 0.29) is 0 Å². The maximum absolute atomic E-state index is 5.15. The van der Waals surface area contributed by atoms with Crippen LogP contribution >= 0.6 is 0 Å². The number of para-hydroxylation sites is 4. The zero-order valence-corrected chi connectivity index (χ0v) is 33.6. The second kappa shape index (κ2) is 14.7. The Balaban J connectivity index is 1.12. The number of nitrogens with zero attached hydrogens (tertiary/aromatic N) is 5. The molecule has 0 amide bonds. The van der Waals surface area contributed by atoms with Gasteiger partial charge < -0.3 is 9.13 Å². The van der Waals surface area contributed by atoms with Gasteiger partial charge in [-0.05, 0) is 76.9 Å². The molecule has 0 saturated carbocycles. The van der Waals surface area contributed by atoms with Gasteiger partial charge in [0.1, 0.15) is 0 Å². The van der Waals surface area contributed by atoms with E-state index < -0.39 is 0 Å². The fraction of sp³-hybridized carbons (Fsp3) is 0. The summed E-state index contributed by atoms with van der Waals surface area (Å²) in [5, 5.41) is 4.87. The van der Waals surface area contributed by atoms with Crippen molar-refractivity contribution in [1.82, 2.24) is 24.1 Å². The van der Waals surface area contributed by atoms with Crippen LogP contribution in [0.25, 0.3) is 111 Å². The molecular formula is C57H37N5. The average molecular weight is 792 g/mol. The molecule has 12 aromatic rings. The normalized spacial score (nSPS) is 11.5. The standard InChI is InChI=1S/C57H37N5/c1-5-17-38(18-6-1)55-58-56(39-19-7-2-8-20-39)60-57(59-55)42-31-32-45(40-29-33-48-46-25-13-15-27-51(46)61(53(48)36-40)43-21-9-3-10-22-43)50(35-42)41-30-34-49-47-26-14-16-28-52(47)62(54(49)37-41)44-23-11-4-12-24-44/h1-37H. The molecule has 9 aromatic carbocycles. The van der Waals surface area contributed by atoms with E-state index in [2.05, 4.69) is 173 Å². The van der Waals surface area contributed by atoms with Crippen LogP contribution in [0.5, 0.6) is 0 Å². The summed E-state index contributed by atoms with van der Waals surface area (Å²) in [4.78, 5) is 15.3. The van der Waals surface area contributed by atoms with Crippen molar-refractivity contribution in [2.75, 3.05) is 0 Å². The highest BCUT2D eigenvalue weighted by Crippen LogP contribution is 2.42. The van der Waals surface area contributed by atoms with Crippen molar-refractivity contribution < 1.29 is 0 Å². The van der Waals surface area contributed by atoms with Gasteiger partial charge >= 0.3 is 0 Å². The van der Waals surface area contributed by atoms with Gasteiger partial charge in [0.05, 0.1) is 22.1 Å². The van der Waals surface area contributed by atoms with E-state index in [1.54, 1.807) is 0 Å². The minimum absolute atomic E-state index is 0.615. The topological polar surface area (TPSA) is 48.5 Å². The second-order valence-electron chi connectivity index (χ2n) is 15.6. The maximum Gasteiger partial charge on any atom is 0.164 e. The van der Waals surface area contributed by atoms with Crippen LogP contribution < -0.4 is 0 Å². The third-order valence-electron chi connectivity index (χ3n) is 12.0. The molecule has 0 unspecified atom stereocenters. The summed E-state index contributed by atoms with van der Waals surface area (Å²) in [7, 11) is 0. The largest absolute Gasteiger partial charge is 0.309 e. The molecule has 0 saturated heterocycles. The lowest BCUT2D eigenvalue weighted by Crippen LogP contribution is -2.00. The van der Waals surface area contributed by atoms with Gasteiger partial charge in [-0.2, -0.15) is 0 Å². The molecule has 3 aromatic heterocycles. The number of aromatic nitrogens is 5. The second-order valence-corrected chi connectivity index (χ2v) is 15.6. The van der Waals surface area contributed by atoms with E-state index in [1.807, 2.05) is 60.7 Å². The highest BCUT2D eigenvalue weighted by molar-refractivity contribution is 6.12. The van der Waals surface area contributed by atoms with Crippen molar-refractivity contribution in [3.63, 3.8) is 0 Å². The van der Waals surface area contributed by atoms with Crippen molar-refractivity contribution in [2.24, 2.45) is 0 Å². The van der Waals surface area contributed by atoms with Gasteiger partial charge in [0.2, 0.25) is 0 Å². The van der Waals surface area contributed by atoms with Crippen molar-refractivity contribution in [3.8, 4) is 67.8 Å². The Morgan fingerprint density at radius 1 is 0.242 bits per heavy atom. The monoisotopic (exact) mass is 791 g/mol. The van der Waals surface area contributed by atoms with E-state index >= 15 is 0 Å². The zero-order chi connectivity index (χ0) is 41.0. The van der Waals surface area contributed by atoms with Crippen LogP contribution in [0.3, 0.4) is 0 Å². The lowest BCUT2D eigenvalue weighted by Gasteiger charge is -2.15. The van der Waals surface area contributed by atoms with E-state index in [9.17, 15) is 0 Å². The summed E-state index contributed by atoms with van der Waals surface area (Å²) in [6.07, 6.45) is 0. The van der Waals surface area contributed by atoms with Crippen LogP contribution in [0.15, 0.2) is 224 Å². The van der Waals surface area contributed by atoms with Crippen LogP contribution in [0.4, 0.5) is 0 Å². The molecule has 5 heteroatoms. The molecule has 0 aliphatic heterocycles. The summed E-state index contributed by atoms with van der Waals surface area (Å²) in [5.41, 5.74) is 14.1. The summed E-state index contributed by atoms with van der Waals surface area (Å²) < 4.78 is 4.76. The highest BCUT2D eigenvalue weighted by Gasteiger charge is 2.20. The first-order chi connectivity index (χ1) is 30.7. The molecule has 0 N–H and O–H groups in total. The van der Waals surface area contributed by atoms with Crippen LogP contribution in [0, 0.1) is 0 Å². The number of fused-ring (bicyclic) bond motifs is 6. The van der Waals surface area contributed by atoms with Crippen LogP contribution in [0.2, 0.25) is 0 Å². The lowest BCUT2D eigenvalue weighted by atomic mass is 9.91. The van der Waals surface area contributed by atoms with Crippen molar-refractivity contribution >= 4 is 43.6 Å². The van der Waals surface area contributed by atoms with E-state index in [1.165, 1.54) is 32.6 Å². The molecule has 0 aliphatic carbocycles. The Labute approximate surface area is 358 Å². The average Bonchev–Trinajstić information content (AvgIpc) is 3.87. The highest BCUT2D eigenvalue weighted by atomic mass is 15.0. The first-order valence-electron chi connectivity index (χ1n) is 20.9. The fourth-order valence-corrected chi connectivity index (χ4v) is 9.10. The van der Waals surface area contributed by atoms with Gasteiger partial charge in [-0.3, -0.25) is 0 Å². The fourth-order valence-electron chi connectivity index (χ4n) is 9.10.